The summed E-state index contributed by atoms with van der Waals surface area (Å²) in [6.45, 7) is 13.9. The van der Waals surface area contributed by atoms with Crippen molar-refractivity contribution in [3.63, 3.8) is 0 Å². The van der Waals surface area contributed by atoms with Gasteiger partial charge in [0.1, 0.15) is 17.4 Å². The molecule has 46 heavy (non-hydrogen) atoms. The molecule has 0 radical (unpaired) electrons. The Hall–Kier alpha value is -3.74. The Labute approximate surface area is 273 Å². The Kier molecular flexibility index (Phi) is 11.0. The largest absolute Gasteiger partial charge is 0.496 e. The molecule has 2 amide bonds. The number of hydrogen-bond donors (Lipinski definition) is 0. The maximum Gasteiger partial charge on any atom is 0.253 e. The van der Waals surface area contributed by atoms with Crippen LogP contribution in [0.3, 0.4) is 0 Å². The Balaban J connectivity index is 1.37. The van der Waals surface area contributed by atoms with E-state index in [2.05, 4.69) is 41.5 Å². The van der Waals surface area contributed by atoms with Gasteiger partial charge < -0.3 is 14.5 Å². The fraction of sp³-hybridized carbons (Fsp3) is 0.487. The van der Waals surface area contributed by atoms with Crippen LogP contribution in [0, 0.1) is 11.6 Å². The molecule has 3 aromatic carbocycles. The van der Waals surface area contributed by atoms with Crippen molar-refractivity contribution in [1.29, 1.82) is 0 Å². The summed E-state index contributed by atoms with van der Waals surface area (Å²) in [5.41, 5.74) is 4.19. The van der Waals surface area contributed by atoms with Crippen molar-refractivity contribution in [2.45, 2.75) is 96.4 Å². The lowest BCUT2D eigenvalue weighted by Crippen LogP contribution is -2.40. The van der Waals surface area contributed by atoms with Crippen molar-refractivity contribution in [3.8, 4) is 5.75 Å². The maximum absolute atomic E-state index is 13.8. The van der Waals surface area contributed by atoms with Gasteiger partial charge in [0.05, 0.1) is 13.2 Å². The van der Waals surface area contributed by atoms with Gasteiger partial charge in [-0.2, -0.15) is 0 Å². The topological polar surface area (TPSA) is 49.9 Å². The van der Waals surface area contributed by atoms with Crippen LogP contribution in [-0.2, 0) is 15.6 Å². The summed E-state index contributed by atoms with van der Waals surface area (Å²) in [6, 6.07) is 16.8. The fourth-order valence-electron chi connectivity index (χ4n) is 6.43. The van der Waals surface area contributed by atoms with E-state index in [0.29, 0.717) is 31.5 Å². The maximum atomic E-state index is 13.8. The molecule has 5 nitrogen and oxygen atoms in total. The van der Waals surface area contributed by atoms with E-state index in [0.717, 1.165) is 47.3 Å². The third kappa shape index (κ3) is 8.34. The standard InChI is InChI=1S/C39H50F2N2O3/c1-38(2,3)33-23-28(24-34(36(33)46-8)39(4,5)6)37(45)43-22-21-31(25-43)42(7)35(44)12-10-9-11-32(26-13-17-29(40)18-14-26)27-15-19-30(41)20-16-27/h13-20,23-24,31-32H,9-12,21-22,25H2,1-8H3/t31-/m0/s1. The molecular weight excluding hydrogens is 582 g/mol. The summed E-state index contributed by atoms with van der Waals surface area (Å²) in [5, 5.41) is 0. The van der Waals surface area contributed by atoms with E-state index in [-0.39, 0.29) is 46.2 Å². The Bertz CT molecular complexity index is 1420. The van der Waals surface area contributed by atoms with Gasteiger partial charge in [-0.1, -0.05) is 72.2 Å². The van der Waals surface area contributed by atoms with Crippen LogP contribution in [0.5, 0.6) is 5.75 Å². The fourth-order valence-corrected chi connectivity index (χ4v) is 6.43. The highest BCUT2D eigenvalue weighted by molar-refractivity contribution is 5.95. The summed E-state index contributed by atoms with van der Waals surface area (Å²) in [7, 11) is 3.53. The Morgan fingerprint density at radius 2 is 1.37 bits per heavy atom. The minimum Gasteiger partial charge on any atom is -0.496 e. The van der Waals surface area contributed by atoms with E-state index < -0.39 is 0 Å². The van der Waals surface area contributed by atoms with E-state index >= 15 is 0 Å². The summed E-state index contributed by atoms with van der Waals surface area (Å²) in [4.78, 5) is 30.7. The highest BCUT2D eigenvalue weighted by Crippen LogP contribution is 2.41. The van der Waals surface area contributed by atoms with Gasteiger partial charge in [-0.25, -0.2) is 8.78 Å². The number of benzene rings is 3. The summed E-state index contributed by atoms with van der Waals surface area (Å²) in [6.07, 6.45) is 3.39. The second-order valence-electron chi connectivity index (χ2n) is 14.7. The van der Waals surface area contributed by atoms with Gasteiger partial charge in [-0.05, 0) is 77.6 Å². The highest BCUT2D eigenvalue weighted by atomic mass is 19.1. The van der Waals surface area contributed by atoms with Crippen LogP contribution in [0.2, 0.25) is 0 Å². The van der Waals surface area contributed by atoms with Gasteiger partial charge >= 0.3 is 0 Å². The monoisotopic (exact) mass is 632 g/mol. The number of likely N-dealkylation sites (N-methyl/N-ethyl adjacent to an activating group) is 1. The summed E-state index contributed by atoms with van der Waals surface area (Å²) < 4.78 is 33.0. The number of amides is 2. The van der Waals surface area contributed by atoms with Crippen molar-refractivity contribution in [1.82, 2.24) is 9.80 Å². The minimum atomic E-state index is -0.296. The van der Waals surface area contributed by atoms with Crippen molar-refractivity contribution < 1.29 is 23.1 Å². The van der Waals surface area contributed by atoms with E-state index in [1.54, 1.807) is 36.3 Å². The predicted molar refractivity (Wildman–Crippen MR) is 181 cm³/mol. The molecule has 0 N–H and O–H groups in total. The van der Waals surface area contributed by atoms with Crippen molar-refractivity contribution in [3.05, 3.63) is 100 Å². The molecule has 1 aliphatic rings. The molecule has 0 bridgehead atoms. The lowest BCUT2D eigenvalue weighted by Gasteiger charge is -2.30. The van der Waals surface area contributed by atoms with Gasteiger partial charge in [0.25, 0.3) is 5.91 Å². The molecule has 3 aromatic rings. The van der Waals surface area contributed by atoms with Crippen molar-refractivity contribution in [2.24, 2.45) is 0 Å². The lowest BCUT2D eigenvalue weighted by atomic mass is 9.78. The third-order valence-electron chi connectivity index (χ3n) is 9.23. The van der Waals surface area contributed by atoms with E-state index in [1.165, 1.54) is 24.3 Å². The zero-order chi connectivity index (χ0) is 33.8. The highest BCUT2D eigenvalue weighted by Gasteiger charge is 2.34. The quantitative estimate of drug-likeness (QED) is 0.210. The molecule has 0 saturated carbocycles. The molecule has 1 aliphatic heterocycles. The van der Waals surface area contributed by atoms with Crippen LogP contribution >= 0.6 is 0 Å². The average molecular weight is 633 g/mol. The van der Waals surface area contributed by atoms with E-state index in [1.807, 2.05) is 24.1 Å². The normalized spacial score (nSPS) is 15.4. The zero-order valence-corrected chi connectivity index (χ0v) is 28.8. The van der Waals surface area contributed by atoms with Gasteiger partial charge in [0, 0.05) is 49.2 Å². The SMILES string of the molecule is COc1c(C(C)(C)C)cc(C(=O)N2CC[C@H](N(C)C(=O)CCCCC(c3ccc(F)cc3)c3ccc(F)cc3)C2)cc1C(C)(C)C. The molecule has 1 heterocycles. The van der Waals surface area contributed by atoms with E-state index in [9.17, 15) is 18.4 Å². The first kappa shape index (κ1) is 35.1. The number of rotatable bonds is 10. The molecule has 1 saturated heterocycles. The van der Waals surface area contributed by atoms with Gasteiger partial charge in [-0.3, -0.25) is 9.59 Å². The molecule has 1 fully saturated rings. The Morgan fingerprint density at radius 1 is 0.870 bits per heavy atom. The number of halogens is 2. The van der Waals surface area contributed by atoms with Gasteiger partial charge in [0.15, 0.2) is 0 Å². The lowest BCUT2D eigenvalue weighted by molar-refractivity contribution is -0.131. The molecule has 0 aliphatic carbocycles. The second-order valence-corrected chi connectivity index (χ2v) is 14.7. The third-order valence-corrected chi connectivity index (χ3v) is 9.23. The van der Waals surface area contributed by atoms with E-state index in [4.69, 9.17) is 4.74 Å². The molecular formula is C39H50F2N2O3. The summed E-state index contributed by atoms with van der Waals surface area (Å²) in [5.74, 6) is 0.275. The number of nitrogens with zero attached hydrogens (tertiary/aromatic N) is 2. The minimum absolute atomic E-state index is 0.0148. The number of methoxy groups -OCH3 is 1. The number of likely N-dealkylation sites (tertiary alicyclic amines) is 1. The van der Waals surface area contributed by atoms with Crippen LogP contribution in [-0.4, -0.2) is 54.9 Å². The van der Waals surface area contributed by atoms with Crippen LogP contribution < -0.4 is 4.74 Å². The number of carbonyl (C=O) groups is 2. The smallest absolute Gasteiger partial charge is 0.253 e. The molecule has 0 spiro atoms. The van der Waals surface area contributed by atoms with Crippen molar-refractivity contribution >= 4 is 11.8 Å². The van der Waals surface area contributed by atoms with Crippen LogP contribution in [0.25, 0.3) is 0 Å². The molecule has 248 valence electrons. The number of unbranched alkanes of at least 4 members (excludes halogenated alkanes) is 1. The van der Waals surface area contributed by atoms with Crippen LogP contribution in [0.1, 0.15) is 112 Å². The Morgan fingerprint density at radius 3 is 1.83 bits per heavy atom. The first-order chi connectivity index (χ1) is 21.6. The zero-order valence-electron chi connectivity index (χ0n) is 28.8. The number of ether oxygens (including phenoxy) is 1. The van der Waals surface area contributed by atoms with Gasteiger partial charge in [-0.15, -0.1) is 0 Å². The van der Waals surface area contributed by atoms with Crippen LogP contribution in [0.4, 0.5) is 8.78 Å². The summed E-state index contributed by atoms with van der Waals surface area (Å²) >= 11 is 0. The second kappa shape index (κ2) is 14.4. The first-order valence-electron chi connectivity index (χ1n) is 16.4. The molecule has 7 heteroatoms. The number of carbonyl (C=O) groups excluding carboxylic acids is 2. The van der Waals surface area contributed by atoms with Crippen molar-refractivity contribution in [2.75, 3.05) is 27.2 Å². The molecule has 1 atom stereocenters. The first-order valence-corrected chi connectivity index (χ1v) is 16.4. The average Bonchev–Trinajstić information content (AvgIpc) is 3.50. The molecule has 4 rings (SSSR count). The molecule has 0 aromatic heterocycles. The number of hydrogen-bond acceptors (Lipinski definition) is 3. The van der Waals surface area contributed by atoms with Gasteiger partial charge in [0.2, 0.25) is 5.91 Å². The molecule has 0 unspecified atom stereocenters. The predicted octanol–water partition coefficient (Wildman–Crippen LogP) is 8.63. The van der Waals surface area contributed by atoms with Crippen LogP contribution in [0.15, 0.2) is 60.7 Å².